The molecule has 0 atom stereocenters. The Hall–Kier alpha value is -0.990. The number of anilines is 1. The topological polar surface area (TPSA) is 43.1 Å². The Morgan fingerprint density at radius 3 is 2.27 bits per heavy atom. The van der Waals surface area contributed by atoms with Gasteiger partial charge in [0, 0.05) is 12.0 Å². The number of hydrogen-bond acceptors (Lipinski definition) is 2. The van der Waals surface area contributed by atoms with Crippen LogP contribution in [0.5, 0.6) is 0 Å². The highest BCUT2D eigenvalue weighted by Gasteiger charge is 2.11. The molecule has 1 rings (SSSR count). The molecule has 0 aliphatic rings. The van der Waals surface area contributed by atoms with Crippen molar-refractivity contribution in [3.8, 4) is 0 Å². The van der Waals surface area contributed by atoms with Gasteiger partial charge in [-0.2, -0.15) is 0 Å². The zero-order chi connectivity index (χ0) is 11.6. The van der Waals surface area contributed by atoms with Gasteiger partial charge in [0.15, 0.2) is 5.78 Å². The molecule has 0 aliphatic carbocycles. The zero-order valence-electron chi connectivity index (χ0n) is 8.31. The highest BCUT2D eigenvalue weighted by Crippen LogP contribution is 2.29. The average Bonchev–Trinajstić information content (AvgIpc) is 2.12. The van der Waals surface area contributed by atoms with Gasteiger partial charge in [0.2, 0.25) is 0 Å². The van der Waals surface area contributed by atoms with Crippen LogP contribution in [-0.2, 0) is 0 Å². The fourth-order valence-corrected chi connectivity index (χ4v) is 1.61. The molecule has 80 valence electrons. The van der Waals surface area contributed by atoms with E-state index in [-0.39, 0.29) is 12.2 Å². The molecule has 0 bridgehead atoms. The van der Waals surface area contributed by atoms with E-state index in [9.17, 15) is 4.79 Å². The lowest BCUT2D eigenvalue weighted by molar-refractivity contribution is 0.0993. The molecule has 15 heavy (non-hydrogen) atoms. The molecule has 1 aromatic carbocycles. The highest BCUT2D eigenvalue weighted by atomic mass is 35.5. The molecule has 1 aromatic rings. The summed E-state index contributed by atoms with van der Waals surface area (Å²) in [5, 5.41) is 0.597. The van der Waals surface area contributed by atoms with E-state index in [0.717, 1.165) is 5.57 Å². The highest BCUT2D eigenvalue weighted by molar-refractivity contribution is 6.39. The van der Waals surface area contributed by atoms with Crippen LogP contribution in [0.25, 0.3) is 0 Å². The Labute approximate surface area is 98.7 Å². The fraction of sp³-hybridized carbons (Fsp3) is 0.182. The molecule has 0 unspecified atom stereocenters. The van der Waals surface area contributed by atoms with E-state index in [4.69, 9.17) is 28.9 Å². The maximum atomic E-state index is 11.7. The monoisotopic (exact) mass is 243 g/mol. The number of ketones is 1. The summed E-state index contributed by atoms with van der Waals surface area (Å²) in [6, 6.07) is 3.04. The lowest BCUT2D eigenvalue weighted by Crippen LogP contribution is -2.00. The van der Waals surface area contributed by atoms with Crippen LogP contribution in [-0.4, -0.2) is 5.78 Å². The van der Waals surface area contributed by atoms with Gasteiger partial charge >= 0.3 is 0 Å². The minimum absolute atomic E-state index is 0.0636. The standard InChI is InChI=1S/C11H11Cl2NO/c1-6(2)3-10(15)7-4-8(12)11(14)9(13)5-7/h4-5H,1,3,14H2,2H3. The van der Waals surface area contributed by atoms with Crippen LogP contribution in [0.15, 0.2) is 24.3 Å². The molecule has 0 amide bonds. The molecule has 0 saturated carbocycles. The first-order valence-electron chi connectivity index (χ1n) is 4.34. The number of allylic oxidation sites excluding steroid dienone is 1. The molecular weight excluding hydrogens is 233 g/mol. The third-order valence-electron chi connectivity index (χ3n) is 1.86. The first kappa shape index (κ1) is 12.1. The number of carbonyl (C=O) groups is 1. The van der Waals surface area contributed by atoms with Crippen LogP contribution in [0.4, 0.5) is 5.69 Å². The molecule has 4 heteroatoms. The van der Waals surface area contributed by atoms with E-state index in [1.54, 1.807) is 6.92 Å². The second kappa shape index (κ2) is 4.69. The Balaban J connectivity index is 3.06. The molecule has 0 fully saturated rings. The van der Waals surface area contributed by atoms with Crippen molar-refractivity contribution in [1.29, 1.82) is 0 Å². The molecule has 0 aromatic heterocycles. The minimum atomic E-state index is -0.0636. The van der Waals surface area contributed by atoms with Crippen LogP contribution in [0, 0.1) is 0 Å². The maximum Gasteiger partial charge on any atom is 0.166 e. The Morgan fingerprint density at radius 1 is 1.40 bits per heavy atom. The lowest BCUT2D eigenvalue weighted by Gasteiger charge is -2.05. The molecular formula is C11H11Cl2NO. The van der Waals surface area contributed by atoms with Crippen LogP contribution < -0.4 is 5.73 Å². The lowest BCUT2D eigenvalue weighted by atomic mass is 10.0. The van der Waals surface area contributed by atoms with E-state index < -0.39 is 0 Å². The van der Waals surface area contributed by atoms with Crippen molar-refractivity contribution >= 4 is 34.7 Å². The van der Waals surface area contributed by atoms with Gasteiger partial charge in [-0.05, 0) is 19.1 Å². The summed E-state index contributed by atoms with van der Waals surface area (Å²) < 4.78 is 0. The fourth-order valence-electron chi connectivity index (χ4n) is 1.12. The molecule has 2 N–H and O–H groups in total. The Kier molecular flexibility index (Phi) is 3.77. The van der Waals surface area contributed by atoms with Crippen molar-refractivity contribution in [2.75, 3.05) is 5.73 Å². The van der Waals surface area contributed by atoms with E-state index >= 15 is 0 Å². The van der Waals surface area contributed by atoms with Crippen molar-refractivity contribution < 1.29 is 4.79 Å². The number of nitrogens with two attached hydrogens (primary N) is 1. The Morgan fingerprint density at radius 2 is 1.87 bits per heavy atom. The van der Waals surface area contributed by atoms with Gasteiger partial charge < -0.3 is 5.73 Å². The summed E-state index contributed by atoms with van der Waals surface area (Å²) in [6.07, 6.45) is 0.288. The molecule has 0 spiro atoms. The molecule has 0 radical (unpaired) electrons. The van der Waals surface area contributed by atoms with Crippen LogP contribution in [0.2, 0.25) is 10.0 Å². The summed E-state index contributed by atoms with van der Waals surface area (Å²) in [6.45, 7) is 5.46. The average molecular weight is 244 g/mol. The van der Waals surface area contributed by atoms with Crippen LogP contribution >= 0.6 is 23.2 Å². The molecule has 2 nitrogen and oxygen atoms in total. The van der Waals surface area contributed by atoms with Crippen molar-refractivity contribution in [2.45, 2.75) is 13.3 Å². The Bertz CT molecular complexity index is 404. The van der Waals surface area contributed by atoms with Crippen molar-refractivity contribution in [3.05, 3.63) is 39.9 Å². The van der Waals surface area contributed by atoms with E-state index in [1.165, 1.54) is 12.1 Å². The summed E-state index contributed by atoms with van der Waals surface area (Å²) >= 11 is 11.6. The first-order chi connectivity index (χ1) is 6.91. The quantitative estimate of drug-likeness (QED) is 0.500. The number of hydrogen-bond donors (Lipinski definition) is 1. The van der Waals surface area contributed by atoms with Crippen LogP contribution in [0.3, 0.4) is 0 Å². The number of rotatable bonds is 3. The van der Waals surface area contributed by atoms with Gasteiger partial charge in [-0.25, -0.2) is 0 Å². The second-order valence-electron chi connectivity index (χ2n) is 3.41. The number of benzene rings is 1. The third kappa shape index (κ3) is 2.98. The molecule has 0 saturated heterocycles. The number of carbonyl (C=O) groups excluding carboxylic acids is 1. The van der Waals surface area contributed by atoms with Gasteiger partial charge in [-0.3, -0.25) is 4.79 Å². The smallest absolute Gasteiger partial charge is 0.166 e. The van der Waals surface area contributed by atoms with Gasteiger partial charge in [0.25, 0.3) is 0 Å². The van der Waals surface area contributed by atoms with E-state index in [1.807, 2.05) is 0 Å². The van der Waals surface area contributed by atoms with Gasteiger partial charge in [-0.15, -0.1) is 0 Å². The number of Topliss-reactive ketones (excluding diaryl/α,β-unsaturated/α-hetero) is 1. The van der Waals surface area contributed by atoms with Crippen molar-refractivity contribution in [3.63, 3.8) is 0 Å². The SMILES string of the molecule is C=C(C)CC(=O)c1cc(Cl)c(N)c(Cl)c1. The first-order valence-corrected chi connectivity index (χ1v) is 5.09. The van der Waals surface area contributed by atoms with Crippen molar-refractivity contribution in [1.82, 2.24) is 0 Å². The number of nitrogen functional groups attached to an aromatic ring is 1. The maximum absolute atomic E-state index is 11.7. The minimum Gasteiger partial charge on any atom is -0.396 e. The van der Waals surface area contributed by atoms with Gasteiger partial charge in [0.1, 0.15) is 0 Å². The summed E-state index contributed by atoms with van der Waals surface area (Å²) in [4.78, 5) is 11.7. The number of halogens is 2. The normalized spacial score (nSPS) is 10.1. The summed E-state index contributed by atoms with van der Waals surface area (Å²) in [5.41, 5.74) is 7.11. The predicted molar refractivity (Wildman–Crippen MR) is 64.6 cm³/mol. The largest absolute Gasteiger partial charge is 0.396 e. The predicted octanol–water partition coefficient (Wildman–Crippen LogP) is 3.72. The van der Waals surface area contributed by atoms with Crippen molar-refractivity contribution in [2.24, 2.45) is 0 Å². The zero-order valence-corrected chi connectivity index (χ0v) is 9.82. The van der Waals surface area contributed by atoms with Crippen LogP contribution in [0.1, 0.15) is 23.7 Å². The van der Waals surface area contributed by atoms with Gasteiger partial charge in [0.05, 0.1) is 15.7 Å². The van der Waals surface area contributed by atoms with Gasteiger partial charge in [-0.1, -0.05) is 35.4 Å². The second-order valence-corrected chi connectivity index (χ2v) is 4.23. The summed E-state index contributed by atoms with van der Waals surface area (Å²) in [7, 11) is 0. The summed E-state index contributed by atoms with van der Waals surface area (Å²) in [5.74, 6) is -0.0636. The third-order valence-corrected chi connectivity index (χ3v) is 2.49. The van der Waals surface area contributed by atoms with E-state index in [2.05, 4.69) is 6.58 Å². The van der Waals surface area contributed by atoms with E-state index in [0.29, 0.717) is 21.3 Å². The molecule has 0 aliphatic heterocycles. The molecule has 0 heterocycles.